The van der Waals surface area contributed by atoms with Gasteiger partial charge in [-0.3, -0.25) is 4.79 Å². The minimum Gasteiger partial charge on any atom is -0.497 e. The molecule has 0 bridgehead atoms. The number of methoxy groups -OCH3 is 2. The van der Waals surface area contributed by atoms with Crippen LogP contribution in [0.1, 0.15) is 21.5 Å². The third-order valence-corrected chi connectivity index (χ3v) is 5.50. The van der Waals surface area contributed by atoms with Gasteiger partial charge < -0.3 is 18.9 Å². The van der Waals surface area contributed by atoms with E-state index in [2.05, 4.69) is 0 Å². The van der Waals surface area contributed by atoms with Crippen molar-refractivity contribution in [1.82, 2.24) is 0 Å². The van der Waals surface area contributed by atoms with Gasteiger partial charge in [0.15, 0.2) is 5.76 Å². The topological polar surface area (TPSA) is 54.0 Å². The number of carbonyl (C=O) groups excluding carboxylic acids is 1. The summed E-state index contributed by atoms with van der Waals surface area (Å²) < 4.78 is 22.2. The second-order valence-corrected chi connectivity index (χ2v) is 7.56. The zero-order valence-corrected chi connectivity index (χ0v) is 18.3. The highest BCUT2D eigenvalue weighted by molar-refractivity contribution is 6.42. The van der Waals surface area contributed by atoms with Crippen molar-refractivity contribution in [3.63, 3.8) is 0 Å². The number of hydrogen-bond acceptors (Lipinski definition) is 5. The third kappa shape index (κ3) is 4.48. The van der Waals surface area contributed by atoms with Crippen LogP contribution >= 0.6 is 23.2 Å². The molecule has 0 spiro atoms. The monoisotopic (exact) mass is 456 g/mol. The standard InChI is InChI=1S/C24H18Cl2O5/c1-28-16-5-4-15(21(11-16)29-2)10-23-24(27)18-7-6-17(12-22(18)31-23)30-13-14-3-8-19(25)20(26)9-14/h3-12H,13H2,1-2H3. The van der Waals surface area contributed by atoms with E-state index in [0.717, 1.165) is 5.56 Å². The molecule has 3 aromatic carbocycles. The summed E-state index contributed by atoms with van der Waals surface area (Å²) in [7, 11) is 3.13. The Hall–Kier alpha value is -3.15. The first-order chi connectivity index (χ1) is 15.0. The number of Topliss-reactive ketones (excluding diaryl/α,β-unsaturated/α-hetero) is 1. The van der Waals surface area contributed by atoms with E-state index in [0.29, 0.717) is 50.8 Å². The largest absolute Gasteiger partial charge is 0.497 e. The SMILES string of the molecule is COc1ccc(C=C2Oc3cc(OCc4ccc(Cl)c(Cl)c4)ccc3C2=O)c(OC)c1. The van der Waals surface area contributed by atoms with Crippen molar-refractivity contribution < 1.29 is 23.7 Å². The molecule has 0 amide bonds. The van der Waals surface area contributed by atoms with Gasteiger partial charge in [-0.2, -0.15) is 0 Å². The molecule has 0 atom stereocenters. The van der Waals surface area contributed by atoms with E-state index < -0.39 is 0 Å². The van der Waals surface area contributed by atoms with E-state index in [1.54, 1.807) is 68.8 Å². The molecule has 0 aliphatic carbocycles. The highest BCUT2D eigenvalue weighted by atomic mass is 35.5. The lowest BCUT2D eigenvalue weighted by Crippen LogP contribution is -1.99. The van der Waals surface area contributed by atoms with Gasteiger partial charge in [-0.15, -0.1) is 0 Å². The number of benzene rings is 3. The van der Waals surface area contributed by atoms with Crippen LogP contribution in [0.2, 0.25) is 10.0 Å². The Kier molecular flexibility index (Phi) is 6.07. The van der Waals surface area contributed by atoms with Crippen molar-refractivity contribution in [2.45, 2.75) is 6.61 Å². The van der Waals surface area contributed by atoms with Crippen LogP contribution in [-0.4, -0.2) is 20.0 Å². The quantitative estimate of drug-likeness (QED) is 0.412. The number of ketones is 1. The number of allylic oxidation sites excluding steroid dienone is 1. The van der Waals surface area contributed by atoms with Gasteiger partial charge in [0.25, 0.3) is 0 Å². The zero-order valence-electron chi connectivity index (χ0n) is 16.8. The second kappa shape index (κ2) is 8.92. The lowest BCUT2D eigenvalue weighted by atomic mass is 10.1. The predicted molar refractivity (Wildman–Crippen MR) is 120 cm³/mol. The summed E-state index contributed by atoms with van der Waals surface area (Å²) in [5.74, 6) is 2.25. The second-order valence-electron chi connectivity index (χ2n) is 6.74. The van der Waals surface area contributed by atoms with Crippen LogP contribution in [-0.2, 0) is 6.61 Å². The van der Waals surface area contributed by atoms with Crippen molar-refractivity contribution in [2.75, 3.05) is 14.2 Å². The third-order valence-electron chi connectivity index (χ3n) is 4.76. The molecule has 7 heteroatoms. The molecule has 0 N–H and O–H groups in total. The first-order valence-corrected chi connectivity index (χ1v) is 10.1. The predicted octanol–water partition coefficient (Wildman–Crippen LogP) is 6.21. The van der Waals surface area contributed by atoms with Gasteiger partial charge in [-0.25, -0.2) is 0 Å². The molecule has 1 aliphatic rings. The Balaban J connectivity index is 1.53. The fraction of sp³-hybridized carbons (Fsp3) is 0.125. The molecule has 1 aliphatic heterocycles. The summed E-state index contributed by atoms with van der Waals surface area (Å²) >= 11 is 12.0. The Morgan fingerprint density at radius 2 is 1.71 bits per heavy atom. The molecule has 0 unspecified atom stereocenters. The lowest BCUT2D eigenvalue weighted by molar-refractivity contribution is 0.101. The van der Waals surface area contributed by atoms with Gasteiger partial charge in [0.1, 0.15) is 29.6 Å². The number of fused-ring (bicyclic) bond motifs is 1. The molecule has 1 heterocycles. The number of hydrogen-bond donors (Lipinski definition) is 0. The summed E-state index contributed by atoms with van der Waals surface area (Å²) in [5, 5.41) is 0.956. The van der Waals surface area contributed by atoms with Gasteiger partial charge in [0, 0.05) is 17.7 Å². The first-order valence-electron chi connectivity index (χ1n) is 9.35. The Bertz CT molecular complexity index is 1190. The van der Waals surface area contributed by atoms with Gasteiger partial charge in [0.2, 0.25) is 5.78 Å². The maximum atomic E-state index is 12.8. The van der Waals surface area contributed by atoms with E-state index in [1.165, 1.54) is 0 Å². The van der Waals surface area contributed by atoms with Gasteiger partial charge in [0.05, 0.1) is 29.8 Å². The molecular formula is C24H18Cl2O5. The molecule has 0 fully saturated rings. The van der Waals surface area contributed by atoms with Crippen LogP contribution in [0.3, 0.4) is 0 Å². The normalized spacial score (nSPS) is 13.7. The maximum Gasteiger partial charge on any atom is 0.231 e. The summed E-state index contributed by atoms with van der Waals surface area (Å²) in [4.78, 5) is 12.8. The smallest absolute Gasteiger partial charge is 0.231 e. The van der Waals surface area contributed by atoms with Crippen molar-refractivity contribution in [1.29, 1.82) is 0 Å². The van der Waals surface area contributed by atoms with E-state index >= 15 is 0 Å². The average Bonchev–Trinajstić information content (AvgIpc) is 3.09. The van der Waals surface area contributed by atoms with Crippen LogP contribution < -0.4 is 18.9 Å². The molecule has 0 saturated heterocycles. The van der Waals surface area contributed by atoms with E-state index in [4.69, 9.17) is 42.1 Å². The van der Waals surface area contributed by atoms with E-state index in [9.17, 15) is 4.79 Å². The molecule has 5 nitrogen and oxygen atoms in total. The number of rotatable bonds is 6. The van der Waals surface area contributed by atoms with Crippen molar-refractivity contribution >= 4 is 35.1 Å². The van der Waals surface area contributed by atoms with Crippen molar-refractivity contribution in [3.8, 4) is 23.0 Å². The molecule has 0 radical (unpaired) electrons. The van der Waals surface area contributed by atoms with Crippen LogP contribution in [0.25, 0.3) is 6.08 Å². The van der Waals surface area contributed by atoms with Crippen LogP contribution in [0.5, 0.6) is 23.0 Å². The van der Waals surface area contributed by atoms with Crippen molar-refractivity contribution in [3.05, 3.63) is 87.1 Å². The molecule has 31 heavy (non-hydrogen) atoms. The summed E-state index contributed by atoms with van der Waals surface area (Å²) in [6, 6.07) is 15.8. The summed E-state index contributed by atoms with van der Waals surface area (Å²) in [6.07, 6.45) is 1.65. The van der Waals surface area contributed by atoms with Crippen LogP contribution in [0, 0.1) is 0 Å². The van der Waals surface area contributed by atoms with Crippen LogP contribution in [0.4, 0.5) is 0 Å². The molecule has 0 aromatic heterocycles. The van der Waals surface area contributed by atoms with Gasteiger partial charge in [-0.05, 0) is 48.0 Å². The Morgan fingerprint density at radius 3 is 2.45 bits per heavy atom. The fourth-order valence-electron chi connectivity index (χ4n) is 3.13. The summed E-state index contributed by atoms with van der Waals surface area (Å²) in [6.45, 7) is 0.301. The van der Waals surface area contributed by atoms with Gasteiger partial charge >= 0.3 is 0 Å². The highest BCUT2D eigenvalue weighted by Gasteiger charge is 2.28. The van der Waals surface area contributed by atoms with E-state index in [1.807, 2.05) is 6.07 Å². The molecule has 4 rings (SSSR count). The lowest BCUT2D eigenvalue weighted by Gasteiger charge is -2.08. The number of halogens is 2. The molecular weight excluding hydrogens is 439 g/mol. The first kappa shape index (κ1) is 21.1. The van der Waals surface area contributed by atoms with E-state index in [-0.39, 0.29) is 11.5 Å². The van der Waals surface area contributed by atoms with Gasteiger partial charge in [-0.1, -0.05) is 29.3 Å². The van der Waals surface area contributed by atoms with Crippen LogP contribution in [0.15, 0.2) is 60.4 Å². The van der Waals surface area contributed by atoms with Crippen molar-refractivity contribution in [2.24, 2.45) is 0 Å². The number of carbonyl (C=O) groups is 1. The summed E-state index contributed by atoms with van der Waals surface area (Å²) in [5.41, 5.74) is 2.05. The molecule has 0 saturated carbocycles. The number of ether oxygens (including phenoxy) is 4. The molecule has 3 aromatic rings. The minimum absolute atomic E-state index is 0.205. The molecule has 158 valence electrons. The fourth-order valence-corrected chi connectivity index (χ4v) is 3.45. The highest BCUT2D eigenvalue weighted by Crippen LogP contribution is 2.36. The maximum absolute atomic E-state index is 12.8. The Morgan fingerprint density at radius 1 is 0.903 bits per heavy atom. The Labute approximate surface area is 189 Å². The minimum atomic E-state index is -0.205. The average molecular weight is 457 g/mol. The zero-order chi connectivity index (χ0) is 22.0.